The summed E-state index contributed by atoms with van der Waals surface area (Å²) in [5, 5.41) is 7.04. The first-order valence-corrected chi connectivity index (χ1v) is 9.88. The van der Waals surface area contributed by atoms with Crippen molar-refractivity contribution in [3.05, 3.63) is 88.2 Å². The molecule has 0 aliphatic carbocycles. The van der Waals surface area contributed by atoms with Gasteiger partial charge >= 0.3 is 0 Å². The maximum atomic E-state index is 6.36. The highest BCUT2D eigenvalue weighted by Gasteiger charge is 2.41. The molecule has 0 saturated carbocycles. The van der Waals surface area contributed by atoms with Gasteiger partial charge in [-0.2, -0.15) is 5.10 Å². The van der Waals surface area contributed by atoms with Crippen LogP contribution in [0.5, 0.6) is 11.5 Å². The number of pyridine rings is 1. The van der Waals surface area contributed by atoms with E-state index >= 15 is 0 Å². The zero-order chi connectivity index (χ0) is 19.1. The van der Waals surface area contributed by atoms with Gasteiger partial charge in [-0.25, -0.2) is 5.01 Å². The lowest BCUT2D eigenvalue weighted by Gasteiger charge is -2.38. The molecule has 2 aliphatic rings. The highest BCUT2D eigenvalue weighted by atomic mass is 79.9. The average Bonchev–Trinajstić information content (AvgIpc) is 3.20. The molecule has 0 bridgehead atoms. The summed E-state index contributed by atoms with van der Waals surface area (Å²) in [6.07, 6.45) is 4.09. The van der Waals surface area contributed by atoms with Crippen molar-refractivity contribution in [2.45, 2.75) is 18.7 Å². The quantitative estimate of drug-likeness (QED) is 0.574. The van der Waals surface area contributed by atoms with Gasteiger partial charge in [0.25, 0.3) is 0 Å². The largest absolute Gasteiger partial charge is 0.497 e. The van der Waals surface area contributed by atoms with Crippen LogP contribution in [0.2, 0.25) is 0 Å². The van der Waals surface area contributed by atoms with Crippen molar-refractivity contribution in [1.29, 1.82) is 0 Å². The molecular formula is C22H18BrN3O2. The van der Waals surface area contributed by atoms with Crippen LogP contribution < -0.4 is 9.47 Å². The Hall–Kier alpha value is -2.86. The zero-order valence-corrected chi connectivity index (χ0v) is 16.8. The van der Waals surface area contributed by atoms with Crippen molar-refractivity contribution in [2.24, 2.45) is 5.10 Å². The van der Waals surface area contributed by atoms with E-state index in [-0.39, 0.29) is 12.3 Å². The van der Waals surface area contributed by atoms with Gasteiger partial charge in [-0.15, -0.1) is 0 Å². The van der Waals surface area contributed by atoms with Gasteiger partial charge < -0.3 is 9.47 Å². The molecule has 5 nitrogen and oxygen atoms in total. The predicted octanol–water partition coefficient (Wildman–Crippen LogP) is 5.10. The van der Waals surface area contributed by atoms with Crippen LogP contribution in [0.15, 0.2) is 76.6 Å². The van der Waals surface area contributed by atoms with Gasteiger partial charge in [-0.1, -0.05) is 28.1 Å². The Morgan fingerprint density at radius 2 is 1.96 bits per heavy atom. The van der Waals surface area contributed by atoms with Crippen LogP contribution in [-0.2, 0) is 0 Å². The second-order valence-corrected chi connectivity index (χ2v) is 7.73. The van der Waals surface area contributed by atoms with E-state index in [1.54, 1.807) is 19.5 Å². The van der Waals surface area contributed by atoms with Gasteiger partial charge in [0.2, 0.25) is 6.23 Å². The molecule has 2 unspecified atom stereocenters. The van der Waals surface area contributed by atoms with Crippen LogP contribution >= 0.6 is 15.9 Å². The second kappa shape index (κ2) is 6.95. The predicted molar refractivity (Wildman–Crippen MR) is 110 cm³/mol. The molecule has 1 aromatic heterocycles. The van der Waals surface area contributed by atoms with Crippen molar-refractivity contribution in [3.63, 3.8) is 0 Å². The van der Waals surface area contributed by atoms with Crippen LogP contribution in [0.4, 0.5) is 0 Å². The molecule has 28 heavy (non-hydrogen) atoms. The molecule has 0 N–H and O–H groups in total. The van der Waals surface area contributed by atoms with Crippen molar-refractivity contribution < 1.29 is 9.47 Å². The second-order valence-electron chi connectivity index (χ2n) is 6.81. The standard InChI is InChI=1S/C22H18BrN3O2/c1-27-17-4-2-3-15(11-17)19-13-20-18-12-16(23)5-6-21(18)28-22(26(20)25-19)14-7-9-24-10-8-14/h2-12,20,22H,13H2,1H3. The third-order valence-electron chi connectivity index (χ3n) is 5.15. The Morgan fingerprint density at radius 3 is 2.79 bits per heavy atom. The summed E-state index contributed by atoms with van der Waals surface area (Å²) < 4.78 is 12.8. The molecule has 6 heteroatoms. The molecule has 2 aromatic carbocycles. The van der Waals surface area contributed by atoms with E-state index in [0.717, 1.165) is 44.8 Å². The summed E-state index contributed by atoms with van der Waals surface area (Å²) in [6, 6.07) is 18.3. The van der Waals surface area contributed by atoms with Crippen LogP contribution in [0.3, 0.4) is 0 Å². The first kappa shape index (κ1) is 17.3. The van der Waals surface area contributed by atoms with Crippen LogP contribution in [0, 0.1) is 0 Å². The molecule has 140 valence electrons. The number of nitrogens with zero attached hydrogens (tertiary/aromatic N) is 3. The van der Waals surface area contributed by atoms with Crippen LogP contribution in [-0.4, -0.2) is 22.8 Å². The lowest BCUT2D eigenvalue weighted by Crippen LogP contribution is -2.33. The lowest BCUT2D eigenvalue weighted by atomic mass is 9.96. The van der Waals surface area contributed by atoms with E-state index in [2.05, 4.69) is 38.1 Å². The fraction of sp³-hybridized carbons (Fsp3) is 0.182. The summed E-state index contributed by atoms with van der Waals surface area (Å²) in [5.74, 6) is 1.73. The minimum absolute atomic E-state index is 0.112. The fourth-order valence-corrected chi connectivity index (χ4v) is 4.16. The summed E-state index contributed by atoms with van der Waals surface area (Å²) >= 11 is 3.59. The van der Waals surface area contributed by atoms with Gasteiger partial charge in [0.1, 0.15) is 11.5 Å². The third kappa shape index (κ3) is 2.94. The number of ether oxygens (including phenoxy) is 2. The number of aromatic nitrogens is 1. The molecule has 3 aromatic rings. The first-order chi connectivity index (χ1) is 13.7. The van der Waals surface area contributed by atoms with Gasteiger partial charge in [0.05, 0.1) is 18.9 Å². The molecule has 0 radical (unpaired) electrons. The van der Waals surface area contributed by atoms with Gasteiger partial charge in [0, 0.05) is 40.0 Å². The van der Waals surface area contributed by atoms with Crippen molar-refractivity contribution in [1.82, 2.24) is 9.99 Å². The molecule has 0 amide bonds. The van der Waals surface area contributed by atoms with Crippen molar-refractivity contribution in [3.8, 4) is 11.5 Å². The maximum absolute atomic E-state index is 6.36. The fourth-order valence-electron chi connectivity index (χ4n) is 3.78. The molecule has 0 saturated heterocycles. The molecule has 0 spiro atoms. The van der Waals surface area contributed by atoms with E-state index < -0.39 is 0 Å². The number of methoxy groups -OCH3 is 1. The highest BCUT2D eigenvalue weighted by molar-refractivity contribution is 9.10. The lowest BCUT2D eigenvalue weighted by molar-refractivity contribution is -0.0191. The Kier molecular flexibility index (Phi) is 4.28. The molecule has 0 fully saturated rings. The monoisotopic (exact) mass is 435 g/mol. The maximum Gasteiger partial charge on any atom is 0.213 e. The van der Waals surface area contributed by atoms with E-state index in [0.29, 0.717) is 0 Å². The Balaban J connectivity index is 1.60. The molecule has 3 heterocycles. The zero-order valence-electron chi connectivity index (χ0n) is 15.2. The minimum Gasteiger partial charge on any atom is -0.497 e. The molecule has 2 aliphatic heterocycles. The van der Waals surface area contributed by atoms with E-state index in [1.165, 1.54) is 0 Å². The minimum atomic E-state index is -0.287. The highest BCUT2D eigenvalue weighted by Crippen LogP contribution is 2.48. The molecule has 5 rings (SSSR count). The number of benzene rings is 2. The number of fused-ring (bicyclic) bond motifs is 3. The summed E-state index contributed by atoms with van der Waals surface area (Å²) in [5.41, 5.74) is 4.27. The van der Waals surface area contributed by atoms with Crippen LogP contribution in [0.25, 0.3) is 0 Å². The van der Waals surface area contributed by atoms with Crippen LogP contribution in [0.1, 0.15) is 35.4 Å². The topological polar surface area (TPSA) is 47.0 Å². The van der Waals surface area contributed by atoms with Crippen molar-refractivity contribution >= 4 is 21.6 Å². The SMILES string of the molecule is COc1cccc(C2=NN3C(C2)c2cc(Br)ccc2OC3c2ccncc2)c1. The average molecular weight is 436 g/mol. The number of rotatable bonds is 3. The Bertz CT molecular complexity index is 1050. The summed E-state index contributed by atoms with van der Waals surface area (Å²) in [7, 11) is 1.68. The normalized spacial score (nSPS) is 20.1. The number of hydrogen-bond acceptors (Lipinski definition) is 5. The first-order valence-electron chi connectivity index (χ1n) is 9.09. The molecule has 2 atom stereocenters. The smallest absolute Gasteiger partial charge is 0.213 e. The Labute approximate surface area is 171 Å². The number of hydrogen-bond donors (Lipinski definition) is 0. The van der Waals surface area contributed by atoms with E-state index in [1.807, 2.05) is 42.5 Å². The van der Waals surface area contributed by atoms with Gasteiger partial charge in [0.15, 0.2) is 0 Å². The number of halogens is 1. The van der Waals surface area contributed by atoms with E-state index in [4.69, 9.17) is 14.6 Å². The summed E-state index contributed by atoms with van der Waals surface area (Å²) in [4.78, 5) is 4.13. The number of hydrazone groups is 1. The van der Waals surface area contributed by atoms with Gasteiger partial charge in [-0.3, -0.25) is 4.98 Å². The Morgan fingerprint density at radius 1 is 1.11 bits per heavy atom. The van der Waals surface area contributed by atoms with Crippen molar-refractivity contribution in [2.75, 3.05) is 7.11 Å². The molecular weight excluding hydrogens is 418 g/mol. The van der Waals surface area contributed by atoms with Gasteiger partial charge in [-0.05, 0) is 42.5 Å². The van der Waals surface area contributed by atoms with E-state index in [9.17, 15) is 0 Å². The third-order valence-corrected chi connectivity index (χ3v) is 5.64. The summed E-state index contributed by atoms with van der Waals surface area (Å²) in [6.45, 7) is 0.